The molecule has 0 radical (unpaired) electrons. The smallest absolute Gasteiger partial charge is 0.322 e. The monoisotopic (exact) mass is 172 g/mol. The van der Waals surface area contributed by atoms with Crippen molar-refractivity contribution in [3.05, 3.63) is 0 Å². The summed E-state index contributed by atoms with van der Waals surface area (Å²) in [7, 11) is 0. The van der Waals surface area contributed by atoms with Crippen LogP contribution in [0.2, 0.25) is 0 Å². The predicted molar refractivity (Wildman–Crippen MR) is 32.9 cm³/mol. The Balaban J connectivity index is 3.63. The summed E-state index contributed by atoms with van der Waals surface area (Å²) in [6.45, 7) is 0. The lowest BCUT2D eigenvalue weighted by atomic mass is 10.5. The van der Waals surface area contributed by atoms with Crippen molar-refractivity contribution in [2.75, 3.05) is 5.75 Å². The van der Waals surface area contributed by atoms with E-state index >= 15 is 0 Å². The first kappa shape index (κ1) is 8.87. The van der Waals surface area contributed by atoms with Gasteiger partial charge in [-0.3, -0.25) is 4.79 Å². The molecule has 0 bridgehead atoms. The summed E-state index contributed by atoms with van der Waals surface area (Å²) < 4.78 is 18.0. The van der Waals surface area contributed by atoms with Crippen molar-refractivity contribution >= 4 is 28.7 Å². The average Bonchev–Trinajstić information content (AvgIpc) is 1.63. The Morgan fingerprint density at radius 1 is 1.78 bits per heavy atom. The number of rotatable bonds is 3. The summed E-state index contributed by atoms with van der Waals surface area (Å²) in [5, 5.41) is 6.79. The Kier molecular flexibility index (Phi) is 3.76. The molecule has 0 aliphatic carbocycles. The molecule has 0 aliphatic heterocycles. The van der Waals surface area contributed by atoms with E-state index in [0.717, 1.165) is 0 Å². The molecule has 54 valence electrons. The number of aliphatic carboxylic acids is 1. The summed E-state index contributed by atoms with van der Waals surface area (Å²) in [4.78, 5) is 9.86. The van der Waals surface area contributed by atoms with Gasteiger partial charge in [0.15, 0.2) is 11.1 Å². The lowest BCUT2D eigenvalue weighted by Crippen LogP contribution is -2.20. The third kappa shape index (κ3) is 4.38. The van der Waals surface area contributed by atoms with Crippen LogP contribution in [0.25, 0.3) is 0 Å². The van der Waals surface area contributed by atoms with Gasteiger partial charge in [0.05, 0.1) is 5.75 Å². The van der Waals surface area contributed by atoms with E-state index in [0.29, 0.717) is 0 Å². The Bertz CT molecular complexity index is 136. The first-order valence-corrected chi connectivity index (χ1v) is 3.69. The van der Waals surface area contributed by atoms with Crippen LogP contribution in [0.4, 0.5) is 0 Å². The van der Waals surface area contributed by atoms with Crippen molar-refractivity contribution in [3.8, 4) is 0 Å². The van der Waals surface area contributed by atoms with Crippen molar-refractivity contribution in [3.63, 3.8) is 0 Å². The number of alkyl halides is 1. The zero-order chi connectivity index (χ0) is 7.44. The summed E-state index contributed by atoms with van der Waals surface area (Å²) in [5.74, 6) is -1.71. The van der Waals surface area contributed by atoms with Crippen molar-refractivity contribution in [2.45, 2.75) is 5.38 Å². The Labute approximate surface area is 59.1 Å². The molecular weight excluding hydrogens is 168 g/mol. The van der Waals surface area contributed by atoms with Crippen LogP contribution in [0.3, 0.4) is 0 Å². The SMILES string of the molecule is O=C(O)C(Cl)CS(=O)O. The normalized spacial score (nSPS) is 16.7. The van der Waals surface area contributed by atoms with Gasteiger partial charge in [0.2, 0.25) is 0 Å². The maximum Gasteiger partial charge on any atom is 0.322 e. The molecule has 0 fully saturated rings. The zero-order valence-electron chi connectivity index (χ0n) is 4.28. The summed E-state index contributed by atoms with van der Waals surface area (Å²) >= 11 is 2.93. The van der Waals surface area contributed by atoms with Gasteiger partial charge in [-0.1, -0.05) is 0 Å². The number of halogens is 1. The van der Waals surface area contributed by atoms with Gasteiger partial charge < -0.3 is 9.66 Å². The van der Waals surface area contributed by atoms with Crippen molar-refractivity contribution in [1.29, 1.82) is 0 Å². The largest absolute Gasteiger partial charge is 0.480 e. The lowest BCUT2D eigenvalue weighted by Gasteiger charge is -1.96. The first-order chi connectivity index (χ1) is 4.04. The van der Waals surface area contributed by atoms with Crippen molar-refractivity contribution < 1.29 is 18.7 Å². The van der Waals surface area contributed by atoms with Gasteiger partial charge in [0.1, 0.15) is 5.38 Å². The third-order valence-electron chi connectivity index (χ3n) is 0.557. The maximum atomic E-state index is 9.88. The maximum absolute atomic E-state index is 9.88. The fourth-order valence-electron chi connectivity index (χ4n) is 0.196. The molecule has 0 rings (SSSR count). The van der Waals surface area contributed by atoms with Crippen LogP contribution in [0.1, 0.15) is 0 Å². The average molecular weight is 173 g/mol. The molecule has 4 nitrogen and oxygen atoms in total. The molecule has 0 aromatic rings. The minimum absolute atomic E-state index is 0.434. The highest BCUT2D eigenvalue weighted by Gasteiger charge is 2.15. The second kappa shape index (κ2) is 3.81. The van der Waals surface area contributed by atoms with E-state index in [-0.39, 0.29) is 0 Å². The predicted octanol–water partition coefficient (Wildman–Crippen LogP) is -0.0999. The molecule has 2 atom stereocenters. The van der Waals surface area contributed by atoms with Crippen LogP contribution >= 0.6 is 11.6 Å². The molecule has 0 saturated carbocycles. The Morgan fingerprint density at radius 2 is 2.22 bits per heavy atom. The first-order valence-electron chi connectivity index (χ1n) is 1.98. The van der Waals surface area contributed by atoms with Crippen LogP contribution < -0.4 is 0 Å². The van der Waals surface area contributed by atoms with Crippen molar-refractivity contribution in [2.24, 2.45) is 0 Å². The Morgan fingerprint density at radius 3 is 2.33 bits per heavy atom. The van der Waals surface area contributed by atoms with E-state index in [4.69, 9.17) is 21.3 Å². The standard InChI is InChI=1S/C3H5ClO4S/c4-2(3(5)6)1-9(7)8/h2H,1H2,(H,5,6)(H,7,8). The van der Waals surface area contributed by atoms with E-state index in [1.807, 2.05) is 0 Å². The number of carbonyl (C=O) groups is 1. The minimum Gasteiger partial charge on any atom is -0.480 e. The topological polar surface area (TPSA) is 74.6 Å². The number of hydrogen-bond acceptors (Lipinski definition) is 2. The number of carboxylic acids is 1. The molecule has 0 aromatic heterocycles. The number of hydrogen-bond donors (Lipinski definition) is 2. The van der Waals surface area contributed by atoms with Gasteiger partial charge >= 0.3 is 5.97 Å². The van der Waals surface area contributed by atoms with E-state index in [1.165, 1.54) is 0 Å². The van der Waals surface area contributed by atoms with E-state index in [1.54, 1.807) is 0 Å². The second-order valence-corrected chi connectivity index (χ2v) is 2.80. The molecule has 2 N–H and O–H groups in total. The van der Waals surface area contributed by atoms with Gasteiger partial charge in [0.25, 0.3) is 0 Å². The molecule has 0 spiro atoms. The molecule has 2 unspecified atom stereocenters. The van der Waals surface area contributed by atoms with E-state index in [9.17, 15) is 9.00 Å². The van der Waals surface area contributed by atoms with Crippen LogP contribution in [-0.4, -0.2) is 31.0 Å². The van der Waals surface area contributed by atoms with Crippen LogP contribution in [0, 0.1) is 0 Å². The fourth-order valence-corrected chi connectivity index (χ4v) is 0.913. The van der Waals surface area contributed by atoms with E-state index in [2.05, 4.69) is 0 Å². The molecule has 0 amide bonds. The molecule has 6 heteroatoms. The lowest BCUT2D eigenvalue weighted by molar-refractivity contribution is -0.136. The fraction of sp³-hybridized carbons (Fsp3) is 0.667. The highest BCUT2D eigenvalue weighted by Crippen LogP contribution is 1.96. The quantitative estimate of drug-likeness (QED) is 0.461. The third-order valence-corrected chi connectivity index (χ3v) is 1.70. The van der Waals surface area contributed by atoms with Crippen LogP contribution in [0.5, 0.6) is 0 Å². The molecule has 0 heterocycles. The van der Waals surface area contributed by atoms with Crippen LogP contribution in [0.15, 0.2) is 0 Å². The van der Waals surface area contributed by atoms with Gasteiger partial charge in [-0.15, -0.1) is 11.6 Å². The highest BCUT2D eigenvalue weighted by atomic mass is 35.5. The summed E-state index contributed by atoms with van der Waals surface area (Å²) in [5.41, 5.74) is 0. The summed E-state index contributed by atoms with van der Waals surface area (Å²) in [6, 6.07) is 0. The number of carboxylic acid groups (broad SMARTS) is 1. The highest BCUT2D eigenvalue weighted by molar-refractivity contribution is 7.79. The Hall–Kier alpha value is -0.130. The molecular formula is C3H5ClO4S. The molecule has 9 heavy (non-hydrogen) atoms. The second-order valence-electron chi connectivity index (χ2n) is 1.29. The molecule has 0 aliphatic rings. The minimum atomic E-state index is -2.13. The molecule has 0 saturated heterocycles. The molecule has 0 aromatic carbocycles. The van der Waals surface area contributed by atoms with Gasteiger partial charge in [-0.25, -0.2) is 4.21 Å². The zero-order valence-corrected chi connectivity index (χ0v) is 5.85. The van der Waals surface area contributed by atoms with Crippen molar-refractivity contribution in [1.82, 2.24) is 0 Å². The van der Waals surface area contributed by atoms with Gasteiger partial charge in [-0.2, -0.15) is 0 Å². The van der Waals surface area contributed by atoms with Gasteiger partial charge in [0, 0.05) is 0 Å². The van der Waals surface area contributed by atoms with Crippen LogP contribution in [-0.2, 0) is 15.9 Å². The van der Waals surface area contributed by atoms with E-state index < -0.39 is 28.2 Å². The summed E-state index contributed by atoms with van der Waals surface area (Å²) in [6.07, 6.45) is 0. The van der Waals surface area contributed by atoms with Gasteiger partial charge in [-0.05, 0) is 0 Å².